The number of rotatable bonds is 2. The van der Waals surface area contributed by atoms with Crippen LogP contribution in [0.2, 0.25) is 0 Å². The van der Waals surface area contributed by atoms with Crippen LogP contribution in [-0.4, -0.2) is 13.1 Å². The van der Waals surface area contributed by atoms with Gasteiger partial charge in [-0.3, -0.25) is 4.85 Å². The number of carbonyl (C=O) groups excluding carboxylic acids is 1. The van der Waals surface area contributed by atoms with Gasteiger partial charge in [-0.15, -0.1) is 0 Å². The highest BCUT2D eigenvalue weighted by Gasteiger charge is 2.43. The lowest BCUT2D eigenvalue weighted by Gasteiger charge is -2.13. The molecule has 0 saturated heterocycles. The molecule has 1 rings (SSSR count). The van der Waals surface area contributed by atoms with Crippen LogP contribution in [-0.2, 0) is 15.1 Å². The van der Waals surface area contributed by atoms with E-state index in [9.17, 15) is 4.79 Å². The molecule has 3 nitrogen and oxygen atoms in total. The lowest BCUT2D eigenvalue weighted by molar-refractivity contribution is -0.145. The van der Waals surface area contributed by atoms with E-state index in [0.29, 0.717) is 5.56 Å². The van der Waals surface area contributed by atoms with Crippen molar-refractivity contribution in [2.75, 3.05) is 7.11 Å². The highest BCUT2D eigenvalue weighted by atomic mass is 16.5. The molecule has 0 saturated carbocycles. The van der Waals surface area contributed by atoms with Crippen LogP contribution in [0.4, 0.5) is 0 Å². The molecule has 1 unspecified atom stereocenters. The van der Waals surface area contributed by atoms with Crippen molar-refractivity contribution >= 4 is 5.97 Å². The average molecular weight is 189 g/mol. The molecule has 1 aromatic rings. The summed E-state index contributed by atoms with van der Waals surface area (Å²) >= 11 is 0. The van der Waals surface area contributed by atoms with Gasteiger partial charge in [-0.2, -0.15) is 0 Å². The van der Waals surface area contributed by atoms with Gasteiger partial charge in [0, 0.05) is 12.5 Å². The van der Waals surface area contributed by atoms with Crippen LogP contribution in [0.3, 0.4) is 0 Å². The number of methoxy groups -OCH3 is 1. The minimum atomic E-state index is -1.23. The van der Waals surface area contributed by atoms with Crippen LogP contribution >= 0.6 is 0 Å². The Morgan fingerprint density at radius 2 is 2.00 bits per heavy atom. The van der Waals surface area contributed by atoms with Gasteiger partial charge in [0.25, 0.3) is 0 Å². The third-order valence-electron chi connectivity index (χ3n) is 2.14. The van der Waals surface area contributed by atoms with Gasteiger partial charge in [-0.1, -0.05) is 30.3 Å². The van der Waals surface area contributed by atoms with Crippen molar-refractivity contribution in [2.24, 2.45) is 0 Å². The van der Waals surface area contributed by atoms with Gasteiger partial charge in [-0.05, 0) is 0 Å². The van der Waals surface area contributed by atoms with Gasteiger partial charge >= 0.3 is 11.5 Å². The highest BCUT2D eigenvalue weighted by molar-refractivity contribution is 5.84. The van der Waals surface area contributed by atoms with Crippen LogP contribution in [0.25, 0.3) is 4.85 Å². The predicted octanol–water partition coefficient (Wildman–Crippen LogP) is 1.99. The number of carbonyl (C=O) groups is 1. The van der Waals surface area contributed by atoms with Gasteiger partial charge in [0.1, 0.15) is 0 Å². The molecule has 0 radical (unpaired) electrons. The maximum atomic E-state index is 11.4. The quantitative estimate of drug-likeness (QED) is 0.526. The monoisotopic (exact) mass is 189 g/mol. The summed E-state index contributed by atoms with van der Waals surface area (Å²) in [7, 11) is 1.29. The molecule has 0 aliphatic heterocycles. The molecule has 0 aromatic heterocycles. The summed E-state index contributed by atoms with van der Waals surface area (Å²) in [5.74, 6) is -0.529. The largest absolute Gasteiger partial charge is 0.463 e. The van der Waals surface area contributed by atoms with Crippen molar-refractivity contribution < 1.29 is 9.53 Å². The van der Waals surface area contributed by atoms with E-state index in [-0.39, 0.29) is 0 Å². The molecule has 3 heteroatoms. The van der Waals surface area contributed by atoms with Crippen LogP contribution in [0.15, 0.2) is 30.3 Å². The van der Waals surface area contributed by atoms with E-state index < -0.39 is 11.5 Å². The zero-order valence-electron chi connectivity index (χ0n) is 8.15. The fourth-order valence-corrected chi connectivity index (χ4v) is 1.19. The second kappa shape index (κ2) is 3.93. The second-order valence-corrected chi connectivity index (χ2v) is 3.04. The van der Waals surface area contributed by atoms with Crippen molar-refractivity contribution in [2.45, 2.75) is 12.5 Å². The maximum absolute atomic E-state index is 11.4. The van der Waals surface area contributed by atoms with E-state index in [4.69, 9.17) is 6.57 Å². The molecule has 0 aliphatic rings. The van der Waals surface area contributed by atoms with Crippen LogP contribution in [0, 0.1) is 6.57 Å². The Morgan fingerprint density at radius 3 is 2.43 bits per heavy atom. The number of esters is 1. The smallest absolute Gasteiger partial charge is 0.397 e. The predicted molar refractivity (Wildman–Crippen MR) is 52.4 cm³/mol. The molecular formula is C11H11NO2. The summed E-state index contributed by atoms with van der Waals surface area (Å²) in [5.41, 5.74) is -0.572. The Hall–Kier alpha value is -1.82. The summed E-state index contributed by atoms with van der Waals surface area (Å²) in [6.07, 6.45) is 0. The Balaban J connectivity index is 3.17. The molecule has 1 aromatic carbocycles. The first-order valence-corrected chi connectivity index (χ1v) is 4.17. The van der Waals surface area contributed by atoms with Gasteiger partial charge in [-0.25, -0.2) is 11.4 Å². The van der Waals surface area contributed by atoms with E-state index in [1.807, 2.05) is 6.07 Å². The molecule has 0 N–H and O–H groups in total. The summed E-state index contributed by atoms with van der Waals surface area (Å²) in [6, 6.07) is 8.92. The molecular weight excluding hydrogens is 178 g/mol. The van der Waals surface area contributed by atoms with Gasteiger partial charge in [0.15, 0.2) is 0 Å². The molecule has 1 atom stereocenters. The maximum Gasteiger partial charge on any atom is 0.397 e. The van der Waals surface area contributed by atoms with E-state index in [2.05, 4.69) is 9.58 Å². The van der Waals surface area contributed by atoms with Gasteiger partial charge in [0.2, 0.25) is 0 Å². The SMILES string of the molecule is [C-]#[N+]C(C)(C(=O)OC)c1ccccc1. The molecule has 0 bridgehead atoms. The molecule has 0 aliphatic carbocycles. The topological polar surface area (TPSA) is 30.7 Å². The standard InChI is InChI=1S/C11H11NO2/c1-11(12-2,10(13)14-3)9-7-5-4-6-8-9/h4-8H,1,3H3. The minimum absolute atomic E-state index is 0.529. The van der Waals surface area contributed by atoms with E-state index in [1.165, 1.54) is 7.11 Å². The van der Waals surface area contributed by atoms with Crippen molar-refractivity contribution in [1.29, 1.82) is 0 Å². The second-order valence-electron chi connectivity index (χ2n) is 3.04. The average Bonchev–Trinajstić information content (AvgIpc) is 2.28. The van der Waals surface area contributed by atoms with Crippen LogP contribution in [0.5, 0.6) is 0 Å². The van der Waals surface area contributed by atoms with Gasteiger partial charge in [0.05, 0.1) is 7.11 Å². The summed E-state index contributed by atoms with van der Waals surface area (Å²) in [5, 5.41) is 0. The zero-order chi connectivity index (χ0) is 10.6. The Morgan fingerprint density at radius 1 is 1.43 bits per heavy atom. The first-order valence-electron chi connectivity index (χ1n) is 4.17. The number of nitrogens with zero attached hydrogens (tertiary/aromatic N) is 1. The first-order chi connectivity index (χ1) is 6.65. The third kappa shape index (κ3) is 1.60. The highest BCUT2D eigenvalue weighted by Crippen LogP contribution is 2.26. The molecule has 0 fully saturated rings. The molecule has 72 valence electrons. The van der Waals surface area contributed by atoms with Crippen molar-refractivity contribution in [3.05, 3.63) is 47.3 Å². The molecule has 14 heavy (non-hydrogen) atoms. The Bertz CT molecular complexity index is 367. The van der Waals surface area contributed by atoms with Crippen molar-refractivity contribution in [3.8, 4) is 0 Å². The lowest BCUT2D eigenvalue weighted by Crippen LogP contribution is -2.29. The lowest BCUT2D eigenvalue weighted by atomic mass is 9.93. The van der Waals surface area contributed by atoms with Crippen LogP contribution in [0.1, 0.15) is 12.5 Å². The fourth-order valence-electron chi connectivity index (χ4n) is 1.19. The Kier molecular flexibility index (Phi) is 2.88. The number of ether oxygens (including phenoxy) is 1. The summed E-state index contributed by atoms with van der Waals surface area (Å²) < 4.78 is 4.61. The van der Waals surface area contributed by atoms with Crippen LogP contribution < -0.4 is 0 Å². The van der Waals surface area contributed by atoms with E-state index in [0.717, 1.165) is 0 Å². The number of hydrogen-bond acceptors (Lipinski definition) is 2. The molecule has 0 amide bonds. The normalized spacial score (nSPS) is 13.8. The van der Waals surface area contributed by atoms with Crippen molar-refractivity contribution in [1.82, 2.24) is 0 Å². The minimum Gasteiger partial charge on any atom is -0.463 e. The third-order valence-corrected chi connectivity index (χ3v) is 2.14. The number of benzene rings is 1. The molecule has 0 spiro atoms. The fraction of sp³-hybridized carbons (Fsp3) is 0.273. The van der Waals surface area contributed by atoms with E-state index >= 15 is 0 Å². The molecule has 0 heterocycles. The zero-order valence-corrected chi connectivity index (χ0v) is 8.15. The summed E-state index contributed by atoms with van der Waals surface area (Å²) in [6.45, 7) is 8.61. The van der Waals surface area contributed by atoms with Crippen molar-refractivity contribution in [3.63, 3.8) is 0 Å². The summed E-state index contributed by atoms with van der Waals surface area (Å²) in [4.78, 5) is 14.8. The Labute approximate surface area is 83.1 Å². The number of hydrogen-bond donors (Lipinski definition) is 0. The van der Waals surface area contributed by atoms with Gasteiger partial charge < -0.3 is 4.74 Å². The van der Waals surface area contributed by atoms with E-state index in [1.54, 1.807) is 31.2 Å². The first kappa shape index (κ1) is 10.3.